The first kappa shape index (κ1) is 16.5. The largest absolute Gasteiger partial charge is 0.361 e. The highest BCUT2D eigenvalue weighted by Gasteiger charge is 2.37. The summed E-state index contributed by atoms with van der Waals surface area (Å²) in [6.45, 7) is 2.56. The SMILES string of the molecule is CCCc1cc([C@@H]2CCCN2S(=O)(=O)c2ccc(Cl)cc2)no1. The molecule has 7 heteroatoms. The molecule has 23 heavy (non-hydrogen) atoms. The van der Waals surface area contributed by atoms with Crippen molar-refractivity contribution in [2.75, 3.05) is 6.54 Å². The van der Waals surface area contributed by atoms with E-state index in [-0.39, 0.29) is 10.9 Å². The van der Waals surface area contributed by atoms with Crippen LogP contribution in [0.25, 0.3) is 0 Å². The van der Waals surface area contributed by atoms with Gasteiger partial charge in [-0.1, -0.05) is 23.7 Å². The average molecular weight is 355 g/mol. The van der Waals surface area contributed by atoms with E-state index in [4.69, 9.17) is 16.1 Å². The van der Waals surface area contributed by atoms with Crippen LogP contribution in [0, 0.1) is 0 Å². The zero-order chi connectivity index (χ0) is 16.4. The summed E-state index contributed by atoms with van der Waals surface area (Å²) in [6.07, 6.45) is 3.34. The summed E-state index contributed by atoms with van der Waals surface area (Å²) in [6, 6.07) is 7.88. The summed E-state index contributed by atoms with van der Waals surface area (Å²) in [7, 11) is -3.56. The topological polar surface area (TPSA) is 63.4 Å². The molecule has 124 valence electrons. The Morgan fingerprint density at radius 2 is 2.09 bits per heavy atom. The Balaban J connectivity index is 1.89. The van der Waals surface area contributed by atoms with E-state index in [0.717, 1.165) is 31.4 Å². The van der Waals surface area contributed by atoms with Gasteiger partial charge in [0.2, 0.25) is 10.0 Å². The molecule has 2 aromatic rings. The van der Waals surface area contributed by atoms with Crippen LogP contribution in [0.15, 0.2) is 39.8 Å². The number of aryl methyl sites for hydroxylation is 1. The van der Waals surface area contributed by atoms with E-state index in [2.05, 4.69) is 12.1 Å². The molecule has 0 N–H and O–H groups in total. The van der Waals surface area contributed by atoms with E-state index in [1.807, 2.05) is 6.07 Å². The maximum Gasteiger partial charge on any atom is 0.243 e. The maximum atomic E-state index is 12.9. The van der Waals surface area contributed by atoms with Crippen LogP contribution < -0.4 is 0 Å². The summed E-state index contributed by atoms with van der Waals surface area (Å²) >= 11 is 5.85. The predicted molar refractivity (Wildman–Crippen MR) is 87.8 cm³/mol. The summed E-state index contributed by atoms with van der Waals surface area (Å²) in [5, 5.41) is 4.60. The van der Waals surface area contributed by atoms with Gasteiger partial charge in [-0.3, -0.25) is 0 Å². The normalized spacial score (nSPS) is 19.3. The molecule has 3 rings (SSSR count). The molecule has 1 aliphatic heterocycles. The molecule has 5 nitrogen and oxygen atoms in total. The van der Waals surface area contributed by atoms with Crippen LogP contribution in [0.1, 0.15) is 43.7 Å². The minimum absolute atomic E-state index is 0.256. The quantitative estimate of drug-likeness (QED) is 0.819. The Morgan fingerprint density at radius 1 is 1.35 bits per heavy atom. The van der Waals surface area contributed by atoms with Crippen LogP contribution in [0.2, 0.25) is 5.02 Å². The third-order valence-electron chi connectivity index (χ3n) is 4.04. The van der Waals surface area contributed by atoms with Crippen LogP contribution in [-0.4, -0.2) is 24.4 Å². The number of hydrogen-bond acceptors (Lipinski definition) is 4. The second-order valence-corrected chi connectivity index (χ2v) is 8.02. The van der Waals surface area contributed by atoms with Crippen LogP contribution >= 0.6 is 11.6 Å². The van der Waals surface area contributed by atoms with Crippen molar-refractivity contribution in [2.24, 2.45) is 0 Å². The van der Waals surface area contributed by atoms with Gasteiger partial charge < -0.3 is 4.52 Å². The molecule has 0 aliphatic carbocycles. The highest BCUT2D eigenvalue weighted by molar-refractivity contribution is 7.89. The third kappa shape index (κ3) is 3.29. The lowest BCUT2D eigenvalue weighted by atomic mass is 10.1. The van der Waals surface area contributed by atoms with Crippen molar-refractivity contribution in [2.45, 2.75) is 43.5 Å². The van der Waals surface area contributed by atoms with E-state index in [1.54, 1.807) is 24.3 Å². The smallest absolute Gasteiger partial charge is 0.243 e. The van der Waals surface area contributed by atoms with E-state index in [0.29, 0.717) is 17.3 Å². The first-order valence-corrected chi connectivity index (χ1v) is 9.57. The summed E-state index contributed by atoms with van der Waals surface area (Å²) < 4.78 is 32.6. The van der Waals surface area contributed by atoms with Crippen molar-refractivity contribution in [3.63, 3.8) is 0 Å². The molecule has 1 aromatic heterocycles. The van der Waals surface area contributed by atoms with E-state index in [1.165, 1.54) is 4.31 Å². The van der Waals surface area contributed by atoms with Crippen LogP contribution in [0.4, 0.5) is 0 Å². The fraction of sp³-hybridized carbons (Fsp3) is 0.438. The van der Waals surface area contributed by atoms with Gasteiger partial charge in [0.1, 0.15) is 11.5 Å². The minimum atomic E-state index is -3.56. The van der Waals surface area contributed by atoms with E-state index < -0.39 is 10.0 Å². The Bertz CT molecular complexity index is 771. The molecule has 0 spiro atoms. The molecule has 0 radical (unpaired) electrons. The number of halogens is 1. The van der Waals surface area contributed by atoms with Crippen molar-refractivity contribution >= 4 is 21.6 Å². The highest BCUT2D eigenvalue weighted by Crippen LogP contribution is 2.36. The molecular weight excluding hydrogens is 336 g/mol. The van der Waals surface area contributed by atoms with Gasteiger partial charge in [0.05, 0.1) is 10.9 Å². The van der Waals surface area contributed by atoms with Crippen molar-refractivity contribution < 1.29 is 12.9 Å². The molecule has 0 saturated carbocycles. The number of sulfonamides is 1. The first-order valence-electron chi connectivity index (χ1n) is 7.75. The molecule has 0 unspecified atom stereocenters. The van der Waals surface area contributed by atoms with Gasteiger partial charge in [-0.25, -0.2) is 8.42 Å². The number of rotatable bonds is 5. The Morgan fingerprint density at radius 3 is 2.78 bits per heavy atom. The second-order valence-electron chi connectivity index (χ2n) is 5.70. The number of benzene rings is 1. The second kappa shape index (κ2) is 6.63. The standard InChI is InChI=1S/C16H19ClN2O3S/c1-2-4-13-11-15(18-22-13)16-5-3-10-19(16)23(20,21)14-8-6-12(17)7-9-14/h6-9,11,16H,2-5,10H2,1H3/t16-/m0/s1. The lowest BCUT2D eigenvalue weighted by Gasteiger charge is -2.22. The van der Waals surface area contributed by atoms with Crippen molar-refractivity contribution in [3.8, 4) is 0 Å². The van der Waals surface area contributed by atoms with E-state index >= 15 is 0 Å². The van der Waals surface area contributed by atoms with Crippen LogP contribution in [-0.2, 0) is 16.4 Å². The molecule has 1 saturated heterocycles. The number of hydrogen-bond donors (Lipinski definition) is 0. The zero-order valence-electron chi connectivity index (χ0n) is 12.9. The van der Waals surface area contributed by atoms with Gasteiger partial charge in [-0.05, 0) is 43.5 Å². The number of nitrogens with zero attached hydrogens (tertiary/aromatic N) is 2. The summed E-state index contributed by atoms with van der Waals surface area (Å²) in [5.74, 6) is 0.804. The Kier molecular flexibility index (Phi) is 4.75. The van der Waals surface area contributed by atoms with Gasteiger partial charge in [0.25, 0.3) is 0 Å². The fourth-order valence-corrected chi connectivity index (χ4v) is 4.71. The Hall–Kier alpha value is -1.37. The minimum Gasteiger partial charge on any atom is -0.361 e. The van der Waals surface area contributed by atoms with Crippen LogP contribution in [0.5, 0.6) is 0 Å². The molecule has 0 amide bonds. The van der Waals surface area contributed by atoms with Gasteiger partial charge >= 0.3 is 0 Å². The van der Waals surface area contributed by atoms with Crippen molar-refractivity contribution in [3.05, 3.63) is 46.8 Å². The van der Waals surface area contributed by atoms with Crippen molar-refractivity contribution in [1.29, 1.82) is 0 Å². The maximum absolute atomic E-state index is 12.9. The fourth-order valence-electron chi connectivity index (χ4n) is 2.92. The summed E-state index contributed by atoms with van der Waals surface area (Å²) in [4.78, 5) is 0.256. The summed E-state index contributed by atoms with van der Waals surface area (Å²) in [5.41, 5.74) is 0.698. The molecule has 1 fully saturated rings. The zero-order valence-corrected chi connectivity index (χ0v) is 14.5. The first-order chi connectivity index (χ1) is 11.0. The lowest BCUT2D eigenvalue weighted by Crippen LogP contribution is -2.30. The predicted octanol–water partition coefficient (Wildman–Crippen LogP) is 3.81. The lowest BCUT2D eigenvalue weighted by molar-refractivity contribution is 0.343. The molecule has 1 atom stereocenters. The van der Waals surface area contributed by atoms with E-state index in [9.17, 15) is 8.42 Å². The van der Waals surface area contributed by atoms with Gasteiger partial charge in [-0.15, -0.1) is 0 Å². The highest BCUT2D eigenvalue weighted by atomic mass is 35.5. The average Bonchev–Trinajstić information content (AvgIpc) is 3.16. The third-order valence-corrected chi connectivity index (χ3v) is 6.21. The molecule has 0 bridgehead atoms. The monoisotopic (exact) mass is 354 g/mol. The number of aromatic nitrogens is 1. The van der Waals surface area contributed by atoms with Gasteiger partial charge in [0, 0.05) is 24.1 Å². The molecule has 2 heterocycles. The molecule has 1 aliphatic rings. The molecule has 1 aromatic carbocycles. The van der Waals surface area contributed by atoms with Crippen molar-refractivity contribution in [1.82, 2.24) is 9.46 Å². The van der Waals surface area contributed by atoms with Gasteiger partial charge in [-0.2, -0.15) is 4.31 Å². The molecular formula is C16H19ClN2O3S. The van der Waals surface area contributed by atoms with Crippen LogP contribution in [0.3, 0.4) is 0 Å². The Labute approximate surface area is 141 Å². The van der Waals surface area contributed by atoms with Gasteiger partial charge in [0.15, 0.2) is 0 Å².